The molecule has 0 bridgehead atoms. The SMILES string of the molecule is O=C(Cl)C(c1ccc(Cl)c(C(F)(F)F)c1)c1c(Cl)cc(-n2ncc(=O)[nH]c2=O)cc1Cl. The van der Waals surface area contributed by atoms with Crippen LogP contribution in [0.5, 0.6) is 0 Å². The van der Waals surface area contributed by atoms with Gasteiger partial charge in [-0.2, -0.15) is 23.0 Å². The number of rotatable bonds is 4. The Labute approximate surface area is 191 Å². The van der Waals surface area contributed by atoms with E-state index in [0.717, 1.165) is 16.9 Å². The molecule has 0 aliphatic carbocycles. The first kappa shape index (κ1) is 23.3. The molecule has 3 rings (SSSR count). The number of aromatic amines is 1. The molecule has 0 aliphatic heterocycles. The van der Waals surface area contributed by atoms with Crippen LogP contribution in [-0.2, 0) is 11.0 Å². The molecule has 31 heavy (non-hydrogen) atoms. The first-order valence-corrected chi connectivity index (χ1v) is 9.65. The Hall–Kier alpha value is -2.33. The summed E-state index contributed by atoms with van der Waals surface area (Å²) in [5, 5.41) is 1.69. The van der Waals surface area contributed by atoms with E-state index in [4.69, 9.17) is 46.4 Å². The first-order valence-electron chi connectivity index (χ1n) is 8.14. The second kappa shape index (κ2) is 8.66. The van der Waals surface area contributed by atoms with E-state index in [1.807, 2.05) is 4.98 Å². The third-order valence-corrected chi connectivity index (χ3v) is 5.34. The van der Waals surface area contributed by atoms with Gasteiger partial charge in [-0.15, -0.1) is 0 Å². The quantitative estimate of drug-likeness (QED) is 0.509. The smallest absolute Gasteiger partial charge is 0.280 e. The molecule has 6 nitrogen and oxygen atoms in total. The first-order chi connectivity index (χ1) is 14.4. The Morgan fingerprint density at radius 2 is 1.65 bits per heavy atom. The molecule has 0 radical (unpaired) electrons. The molecule has 1 heterocycles. The van der Waals surface area contributed by atoms with Crippen molar-refractivity contribution in [3.8, 4) is 5.69 Å². The number of nitrogens with zero attached hydrogens (tertiary/aromatic N) is 2. The fraction of sp³-hybridized carbons (Fsp3) is 0.111. The van der Waals surface area contributed by atoms with Crippen molar-refractivity contribution in [3.05, 3.63) is 89.1 Å². The van der Waals surface area contributed by atoms with E-state index in [1.165, 1.54) is 18.2 Å². The minimum atomic E-state index is -4.78. The molecule has 0 fully saturated rings. The Bertz CT molecular complexity index is 1280. The van der Waals surface area contributed by atoms with Crippen LogP contribution in [-0.4, -0.2) is 20.0 Å². The molecule has 2 aromatic carbocycles. The zero-order valence-electron chi connectivity index (χ0n) is 14.8. The van der Waals surface area contributed by atoms with E-state index in [9.17, 15) is 27.6 Å². The van der Waals surface area contributed by atoms with Crippen LogP contribution >= 0.6 is 46.4 Å². The molecule has 3 aromatic rings. The van der Waals surface area contributed by atoms with Crippen molar-refractivity contribution in [2.75, 3.05) is 0 Å². The average molecular weight is 513 g/mol. The average Bonchev–Trinajstić information content (AvgIpc) is 2.64. The molecular weight excluding hydrogens is 505 g/mol. The van der Waals surface area contributed by atoms with Crippen LogP contribution in [0.25, 0.3) is 5.69 Å². The number of aromatic nitrogens is 3. The van der Waals surface area contributed by atoms with Crippen molar-refractivity contribution in [2.45, 2.75) is 12.1 Å². The summed E-state index contributed by atoms with van der Waals surface area (Å²) in [6.45, 7) is 0. The van der Waals surface area contributed by atoms with Gasteiger partial charge in [-0.1, -0.05) is 40.9 Å². The highest BCUT2D eigenvalue weighted by atomic mass is 35.5. The Kier molecular flexibility index (Phi) is 6.52. The highest BCUT2D eigenvalue weighted by Crippen LogP contribution is 2.42. The number of carbonyl (C=O) groups is 1. The molecule has 1 N–H and O–H groups in total. The summed E-state index contributed by atoms with van der Waals surface area (Å²) in [6, 6.07) is 5.25. The molecule has 0 aliphatic rings. The van der Waals surface area contributed by atoms with Crippen LogP contribution in [0.4, 0.5) is 13.2 Å². The summed E-state index contributed by atoms with van der Waals surface area (Å²) in [5.74, 6) is -1.46. The number of hydrogen-bond acceptors (Lipinski definition) is 4. The molecule has 13 heteroatoms. The van der Waals surface area contributed by atoms with E-state index < -0.39 is 39.2 Å². The van der Waals surface area contributed by atoms with Crippen LogP contribution in [0.2, 0.25) is 15.1 Å². The molecule has 162 valence electrons. The fourth-order valence-electron chi connectivity index (χ4n) is 2.86. The summed E-state index contributed by atoms with van der Waals surface area (Å²) in [6.07, 6.45) is -3.93. The van der Waals surface area contributed by atoms with Gasteiger partial charge in [0, 0.05) is 15.6 Å². The lowest BCUT2D eigenvalue weighted by Crippen LogP contribution is -2.30. The molecule has 1 atom stereocenters. The normalized spacial score (nSPS) is 12.6. The third-order valence-electron chi connectivity index (χ3n) is 4.17. The maximum absolute atomic E-state index is 13.2. The third kappa shape index (κ3) is 4.79. The van der Waals surface area contributed by atoms with Gasteiger partial charge in [0.25, 0.3) is 5.56 Å². The van der Waals surface area contributed by atoms with Gasteiger partial charge in [-0.25, -0.2) is 4.79 Å². The van der Waals surface area contributed by atoms with E-state index in [-0.39, 0.29) is 26.9 Å². The van der Waals surface area contributed by atoms with Crippen molar-refractivity contribution >= 4 is 51.6 Å². The summed E-state index contributed by atoms with van der Waals surface area (Å²) in [4.78, 5) is 37.3. The van der Waals surface area contributed by atoms with Gasteiger partial charge < -0.3 is 0 Å². The van der Waals surface area contributed by atoms with Crippen molar-refractivity contribution in [1.82, 2.24) is 14.8 Å². The van der Waals surface area contributed by atoms with Gasteiger partial charge in [0.15, 0.2) is 0 Å². The lowest BCUT2D eigenvalue weighted by molar-refractivity contribution is -0.137. The van der Waals surface area contributed by atoms with Gasteiger partial charge in [0.1, 0.15) is 6.20 Å². The molecule has 0 saturated heterocycles. The Balaban J connectivity index is 2.19. The van der Waals surface area contributed by atoms with Gasteiger partial charge in [-0.05, 0) is 41.4 Å². The molecule has 0 spiro atoms. The predicted molar refractivity (Wildman–Crippen MR) is 110 cm³/mol. The van der Waals surface area contributed by atoms with Crippen LogP contribution in [0, 0.1) is 0 Å². The zero-order chi connectivity index (χ0) is 23.1. The molecule has 0 amide bonds. The lowest BCUT2D eigenvalue weighted by atomic mass is 9.90. The standard InChI is InChI=1S/C18H8Cl4F3N3O3/c19-10-2-1-7(3-9(10)18(23,24)25)14(16(22)30)15-11(20)4-8(5-12(15)21)28-17(31)27-13(29)6-26-28/h1-6,14H,(H,27,29,31). The van der Waals surface area contributed by atoms with Crippen molar-refractivity contribution in [2.24, 2.45) is 0 Å². The number of hydrogen-bond donors (Lipinski definition) is 1. The summed E-state index contributed by atoms with van der Waals surface area (Å²) >= 11 is 23.8. The number of alkyl halides is 3. The number of halogens is 7. The maximum atomic E-state index is 13.2. The van der Waals surface area contributed by atoms with Crippen LogP contribution in [0.3, 0.4) is 0 Å². The lowest BCUT2D eigenvalue weighted by Gasteiger charge is -2.20. The number of carbonyl (C=O) groups excluding carboxylic acids is 1. The Morgan fingerprint density at radius 1 is 1.03 bits per heavy atom. The van der Waals surface area contributed by atoms with E-state index in [2.05, 4.69) is 5.10 Å². The van der Waals surface area contributed by atoms with Gasteiger partial charge in [0.2, 0.25) is 5.24 Å². The Morgan fingerprint density at radius 3 is 2.16 bits per heavy atom. The number of H-pyrrole nitrogens is 1. The monoisotopic (exact) mass is 511 g/mol. The van der Waals surface area contributed by atoms with E-state index in [1.54, 1.807) is 0 Å². The molecule has 1 unspecified atom stereocenters. The summed E-state index contributed by atoms with van der Waals surface area (Å²) in [7, 11) is 0. The largest absolute Gasteiger partial charge is 0.417 e. The van der Waals surface area contributed by atoms with Crippen molar-refractivity contribution in [1.29, 1.82) is 0 Å². The van der Waals surface area contributed by atoms with Gasteiger partial charge in [-0.3, -0.25) is 14.6 Å². The maximum Gasteiger partial charge on any atom is 0.417 e. The van der Waals surface area contributed by atoms with Crippen LogP contribution < -0.4 is 11.2 Å². The van der Waals surface area contributed by atoms with E-state index in [0.29, 0.717) is 6.07 Å². The highest BCUT2D eigenvalue weighted by molar-refractivity contribution is 6.65. The predicted octanol–water partition coefficient (Wildman–Crippen LogP) is 4.80. The minimum absolute atomic E-state index is 0.0351. The topological polar surface area (TPSA) is 84.8 Å². The molecule has 0 saturated carbocycles. The van der Waals surface area contributed by atoms with Gasteiger partial charge >= 0.3 is 11.9 Å². The molecular formula is C18H8Cl4F3N3O3. The van der Waals surface area contributed by atoms with Crippen molar-refractivity contribution < 1.29 is 18.0 Å². The second-order valence-corrected chi connectivity index (χ2v) is 7.74. The van der Waals surface area contributed by atoms with E-state index >= 15 is 0 Å². The fourth-order valence-corrected chi connectivity index (χ4v) is 4.01. The van der Waals surface area contributed by atoms with Gasteiger partial charge in [0.05, 0.1) is 22.2 Å². The zero-order valence-corrected chi connectivity index (χ0v) is 17.8. The van der Waals surface area contributed by atoms with Crippen molar-refractivity contribution in [3.63, 3.8) is 0 Å². The summed E-state index contributed by atoms with van der Waals surface area (Å²) < 4.78 is 40.5. The highest BCUT2D eigenvalue weighted by Gasteiger charge is 2.35. The van der Waals surface area contributed by atoms with Crippen LogP contribution in [0.1, 0.15) is 22.6 Å². The van der Waals surface area contributed by atoms with Crippen LogP contribution in [0.15, 0.2) is 46.1 Å². The molecule has 1 aromatic heterocycles. The number of nitrogens with one attached hydrogen (secondary N) is 1. The minimum Gasteiger partial charge on any atom is -0.280 e. The number of benzene rings is 2. The second-order valence-electron chi connectivity index (χ2n) is 6.15. The summed E-state index contributed by atoms with van der Waals surface area (Å²) in [5.41, 5.74) is -2.97.